The summed E-state index contributed by atoms with van der Waals surface area (Å²) in [4.78, 5) is 12.9. The number of aldehydes is 1. The Kier molecular flexibility index (Phi) is 3.30. The van der Waals surface area contributed by atoms with E-state index < -0.39 is 0 Å². The summed E-state index contributed by atoms with van der Waals surface area (Å²) in [5.74, 6) is 0. The van der Waals surface area contributed by atoms with Crippen LogP contribution < -0.4 is 4.90 Å². The van der Waals surface area contributed by atoms with Gasteiger partial charge in [-0.1, -0.05) is 0 Å². The topological polar surface area (TPSA) is 79.1 Å². The van der Waals surface area contributed by atoms with Gasteiger partial charge < -0.3 is 9.64 Å². The van der Waals surface area contributed by atoms with Crippen molar-refractivity contribution in [1.29, 1.82) is 5.26 Å². The van der Waals surface area contributed by atoms with Crippen LogP contribution in [0, 0.1) is 11.3 Å². The molecule has 1 aliphatic heterocycles. The van der Waals surface area contributed by atoms with Crippen molar-refractivity contribution in [2.45, 2.75) is 13.0 Å². The fourth-order valence-corrected chi connectivity index (χ4v) is 1.82. The zero-order chi connectivity index (χ0) is 12.3. The van der Waals surface area contributed by atoms with E-state index in [1.54, 1.807) is 6.07 Å². The maximum absolute atomic E-state index is 10.9. The second kappa shape index (κ2) is 4.89. The largest absolute Gasteiger partial charge is 0.375 e. The van der Waals surface area contributed by atoms with Crippen LogP contribution in [0.2, 0.25) is 0 Å². The highest BCUT2D eigenvalue weighted by Crippen LogP contribution is 2.20. The molecule has 2 heterocycles. The van der Waals surface area contributed by atoms with E-state index in [1.165, 1.54) is 0 Å². The fourth-order valence-electron chi connectivity index (χ4n) is 1.82. The SMILES string of the molecule is CC1CN(c2cc(C#N)nnc2C=O)CCO1. The lowest BCUT2D eigenvalue weighted by molar-refractivity contribution is 0.0531. The van der Waals surface area contributed by atoms with Gasteiger partial charge in [0.2, 0.25) is 0 Å². The van der Waals surface area contributed by atoms with Crippen LogP contribution in [0.3, 0.4) is 0 Å². The van der Waals surface area contributed by atoms with Crippen molar-refractivity contribution in [3.05, 3.63) is 17.5 Å². The molecular formula is C11H12N4O2. The molecule has 0 saturated carbocycles. The standard InChI is InChI=1S/C11H12N4O2/c1-8-6-15(2-3-17-8)11-4-9(5-12)13-14-10(11)7-16/h4,7-8H,2-3,6H2,1H3. The van der Waals surface area contributed by atoms with Gasteiger partial charge in [0.05, 0.1) is 18.4 Å². The molecule has 0 aromatic carbocycles. The summed E-state index contributed by atoms with van der Waals surface area (Å²) >= 11 is 0. The van der Waals surface area contributed by atoms with Crippen molar-refractivity contribution in [1.82, 2.24) is 10.2 Å². The maximum atomic E-state index is 10.9. The molecule has 1 atom stereocenters. The predicted octanol–water partition coefficient (Wildman–Crippen LogP) is 0.386. The number of carbonyl (C=O) groups excluding carboxylic acids is 1. The number of morpholine rings is 1. The summed E-state index contributed by atoms with van der Waals surface area (Å²) in [7, 11) is 0. The summed E-state index contributed by atoms with van der Waals surface area (Å²) in [6.45, 7) is 3.93. The average molecular weight is 232 g/mol. The zero-order valence-electron chi connectivity index (χ0n) is 9.46. The van der Waals surface area contributed by atoms with Crippen molar-refractivity contribution >= 4 is 12.0 Å². The molecule has 0 N–H and O–H groups in total. The number of ether oxygens (including phenoxy) is 1. The maximum Gasteiger partial charge on any atom is 0.172 e. The van der Waals surface area contributed by atoms with Crippen LogP contribution in [0.15, 0.2) is 6.07 Å². The Morgan fingerprint density at radius 2 is 2.47 bits per heavy atom. The normalized spacial score (nSPS) is 19.8. The quantitative estimate of drug-likeness (QED) is 0.686. The van der Waals surface area contributed by atoms with Crippen LogP contribution in [0.4, 0.5) is 5.69 Å². The first-order valence-corrected chi connectivity index (χ1v) is 5.34. The molecule has 0 radical (unpaired) electrons. The summed E-state index contributed by atoms with van der Waals surface area (Å²) < 4.78 is 5.43. The average Bonchev–Trinajstić information content (AvgIpc) is 2.38. The van der Waals surface area contributed by atoms with Gasteiger partial charge in [-0.05, 0) is 6.92 Å². The van der Waals surface area contributed by atoms with Gasteiger partial charge in [0.25, 0.3) is 0 Å². The first-order valence-electron chi connectivity index (χ1n) is 5.34. The number of anilines is 1. The third kappa shape index (κ3) is 2.40. The Morgan fingerprint density at radius 1 is 1.65 bits per heavy atom. The lowest BCUT2D eigenvalue weighted by Gasteiger charge is -2.33. The van der Waals surface area contributed by atoms with E-state index in [4.69, 9.17) is 10.00 Å². The lowest BCUT2D eigenvalue weighted by Crippen LogP contribution is -2.41. The van der Waals surface area contributed by atoms with Crippen molar-refractivity contribution < 1.29 is 9.53 Å². The Bertz CT molecular complexity index is 469. The molecule has 0 bridgehead atoms. The van der Waals surface area contributed by atoms with Crippen molar-refractivity contribution in [2.75, 3.05) is 24.6 Å². The molecule has 1 aromatic heterocycles. The van der Waals surface area contributed by atoms with Gasteiger partial charge in [-0.15, -0.1) is 10.2 Å². The number of aromatic nitrogens is 2. The van der Waals surface area contributed by atoms with Crippen LogP contribution in [0.5, 0.6) is 0 Å². The van der Waals surface area contributed by atoms with Gasteiger partial charge in [0.1, 0.15) is 11.8 Å². The number of nitriles is 1. The van der Waals surface area contributed by atoms with E-state index >= 15 is 0 Å². The van der Waals surface area contributed by atoms with E-state index in [9.17, 15) is 4.79 Å². The molecule has 1 aromatic rings. The van der Waals surface area contributed by atoms with Gasteiger partial charge in [0.15, 0.2) is 12.0 Å². The minimum atomic E-state index is 0.0990. The number of hydrogen-bond donors (Lipinski definition) is 0. The van der Waals surface area contributed by atoms with Crippen LogP contribution in [0.1, 0.15) is 23.1 Å². The van der Waals surface area contributed by atoms with E-state index in [0.29, 0.717) is 31.7 Å². The van der Waals surface area contributed by atoms with Crippen LogP contribution in [-0.2, 0) is 4.74 Å². The molecule has 1 saturated heterocycles. The second-order valence-electron chi connectivity index (χ2n) is 3.86. The van der Waals surface area contributed by atoms with Crippen molar-refractivity contribution in [2.24, 2.45) is 0 Å². The molecule has 17 heavy (non-hydrogen) atoms. The van der Waals surface area contributed by atoms with Gasteiger partial charge in [0, 0.05) is 19.2 Å². The molecule has 6 heteroatoms. The van der Waals surface area contributed by atoms with Gasteiger partial charge >= 0.3 is 0 Å². The van der Waals surface area contributed by atoms with Crippen molar-refractivity contribution in [3.63, 3.8) is 0 Å². The smallest absolute Gasteiger partial charge is 0.172 e. The molecule has 2 rings (SSSR count). The molecule has 1 unspecified atom stereocenters. The van der Waals surface area contributed by atoms with Gasteiger partial charge in [-0.2, -0.15) is 5.26 Å². The first-order chi connectivity index (χ1) is 8.24. The first kappa shape index (κ1) is 11.5. The molecule has 0 aliphatic carbocycles. The monoisotopic (exact) mass is 232 g/mol. The highest BCUT2D eigenvalue weighted by molar-refractivity contribution is 5.81. The minimum Gasteiger partial charge on any atom is -0.375 e. The predicted molar refractivity (Wildman–Crippen MR) is 59.8 cm³/mol. The minimum absolute atomic E-state index is 0.0990. The molecule has 88 valence electrons. The van der Waals surface area contributed by atoms with Crippen LogP contribution >= 0.6 is 0 Å². The van der Waals surface area contributed by atoms with Crippen molar-refractivity contribution in [3.8, 4) is 6.07 Å². The number of nitrogens with zero attached hydrogens (tertiary/aromatic N) is 4. The Hall–Kier alpha value is -2.00. The Balaban J connectivity index is 2.35. The highest BCUT2D eigenvalue weighted by atomic mass is 16.5. The zero-order valence-corrected chi connectivity index (χ0v) is 9.46. The van der Waals surface area contributed by atoms with Crippen LogP contribution in [-0.4, -0.2) is 42.3 Å². The van der Waals surface area contributed by atoms with Crippen LogP contribution in [0.25, 0.3) is 0 Å². The third-order valence-corrected chi connectivity index (χ3v) is 2.61. The third-order valence-electron chi connectivity index (χ3n) is 2.61. The van der Waals surface area contributed by atoms with E-state index in [2.05, 4.69) is 10.2 Å². The Morgan fingerprint density at radius 3 is 3.12 bits per heavy atom. The van der Waals surface area contributed by atoms with Gasteiger partial charge in [-0.25, -0.2) is 0 Å². The molecular weight excluding hydrogens is 220 g/mol. The molecule has 6 nitrogen and oxygen atoms in total. The van der Waals surface area contributed by atoms with E-state index in [0.717, 1.165) is 0 Å². The summed E-state index contributed by atoms with van der Waals surface area (Å²) in [5, 5.41) is 16.2. The summed E-state index contributed by atoms with van der Waals surface area (Å²) in [6.07, 6.45) is 0.755. The molecule has 0 spiro atoms. The summed E-state index contributed by atoms with van der Waals surface area (Å²) in [5.41, 5.74) is 1.13. The fraction of sp³-hybridized carbons (Fsp3) is 0.455. The number of hydrogen-bond acceptors (Lipinski definition) is 6. The highest BCUT2D eigenvalue weighted by Gasteiger charge is 2.20. The number of carbonyl (C=O) groups is 1. The number of rotatable bonds is 2. The lowest BCUT2D eigenvalue weighted by atomic mass is 10.2. The molecule has 1 aliphatic rings. The molecule has 1 fully saturated rings. The Labute approximate surface area is 98.8 Å². The van der Waals surface area contributed by atoms with Gasteiger partial charge in [-0.3, -0.25) is 4.79 Å². The molecule has 0 amide bonds. The van der Waals surface area contributed by atoms with E-state index in [-0.39, 0.29) is 17.5 Å². The van der Waals surface area contributed by atoms with E-state index in [1.807, 2.05) is 17.9 Å². The summed E-state index contributed by atoms with van der Waals surface area (Å²) in [6, 6.07) is 3.51. The second-order valence-corrected chi connectivity index (χ2v) is 3.86.